The molecule has 0 unspecified atom stereocenters. The second kappa shape index (κ2) is 8.15. The van der Waals surface area contributed by atoms with Crippen molar-refractivity contribution in [3.8, 4) is 0 Å². The molecule has 0 aliphatic heterocycles. The molecule has 0 spiro atoms. The van der Waals surface area contributed by atoms with Crippen molar-refractivity contribution in [2.75, 3.05) is 12.3 Å². The summed E-state index contributed by atoms with van der Waals surface area (Å²) in [5.41, 5.74) is 20.7. The summed E-state index contributed by atoms with van der Waals surface area (Å²) in [5.74, 6) is 0.317. The van der Waals surface area contributed by atoms with E-state index < -0.39 is 0 Å². The minimum atomic E-state index is 0.317. The maximum absolute atomic E-state index is 5.98. The van der Waals surface area contributed by atoms with Gasteiger partial charge in [0, 0.05) is 22.8 Å². The van der Waals surface area contributed by atoms with Crippen molar-refractivity contribution >= 4 is 23.0 Å². The SMILES string of the molecule is N/C(=C\C=C(/N)OCCc1ccc(Cl)cc1)c1ccc(N)cc1. The van der Waals surface area contributed by atoms with Crippen LogP contribution in [0.3, 0.4) is 0 Å². The molecule has 0 heterocycles. The number of hydrogen-bond acceptors (Lipinski definition) is 4. The van der Waals surface area contributed by atoms with Crippen LogP contribution in [-0.2, 0) is 11.2 Å². The first-order valence-electron chi connectivity index (χ1n) is 7.20. The van der Waals surface area contributed by atoms with Gasteiger partial charge >= 0.3 is 0 Å². The molecule has 0 saturated heterocycles. The Labute approximate surface area is 141 Å². The Morgan fingerprint density at radius 1 is 0.957 bits per heavy atom. The van der Waals surface area contributed by atoms with E-state index in [1.165, 1.54) is 0 Å². The van der Waals surface area contributed by atoms with Crippen LogP contribution in [0.25, 0.3) is 5.70 Å². The lowest BCUT2D eigenvalue weighted by molar-refractivity contribution is 0.213. The summed E-state index contributed by atoms with van der Waals surface area (Å²) in [6.07, 6.45) is 4.11. The van der Waals surface area contributed by atoms with Crippen molar-refractivity contribution in [3.05, 3.63) is 82.7 Å². The first kappa shape index (κ1) is 16.8. The van der Waals surface area contributed by atoms with E-state index in [0.29, 0.717) is 23.9 Å². The zero-order valence-electron chi connectivity index (χ0n) is 12.7. The van der Waals surface area contributed by atoms with E-state index in [1.807, 2.05) is 36.4 Å². The van der Waals surface area contributed by atoms with E-state index in [9.17, 15) is 0 Å². The highest BCUT2D eigenvalue weighted by molar-refractivity contribution is 6.30. The molecule has 0 atom stereocenters. The third-order valence-corrected chi connectivity index (χ3v) is 3.50. The van der Waals surface area contributed by atoms with E-state index in [1.54, 1.807) is 24.3 Å². The molecule has 0 saturated carbocycles. The summed E-state index contributed by atoms with van der Waals surface area (Å²) in [5, 5.41) is 0.720. The van der Waals surface area contributed by atoms with Gasteiger partial charge in [-0.05, 0) is 47.5 Å². The maximum Gasteiger partial charge on any atom is 0.183 e. The Morgan fingerprint density at radius 2 is 1.61 bits per heavy atom. The molecular weight excluding hydrogens is 310 g/mol. The van der Waals surface area contributed by atoms with Crippen molar-refractivity contribution in [1.29, 1.82) is 0 Å². The molecule has 0 amide bonds. The molecule has 0 aliphatic carbocycles. The molecule has 5 heteroatoms. The fourth-order valence-electron chi connectivity index (χ4n) is 1.93. The third kappa shape index (κ3) is 5.60. The number of allylic oxidation sites excluding steroid dienone is 2. The lowest BCUT2D eigenvalue weighted by Crippen LogP contribution is -2.06. The second-order valence-electron chi connectivity index (χ2n) is 5.04. The molecule has 4 nitrogen and oxygen atoms in total. The Hall–Kier alpha value is -2.59. The van der Waals surface area contributed by atoms with Crippen molar-refractivity contribution < 1.29 is 4.74 Å². The minimum absolute atomic E-state index is 0.317. The molecular formula is C18H20ClN3O. The fourth-order valence-corrected chi connectivity index (χ4v) is 2.06. The summed E-state index contributed by atoms with van der Waals surface area (Å²) in [6, 6.07) is 14.9. The number of halogens is 1. The lowest BCUT2D eigenvalue weighted by atomic mass is 10.1. The van der Waals surface area contributed by atoms with E-state index in [0.717, 1.165) is 22.6 Å². The van der Waals surface area contributed by atoms with Crippen LogP contribution in [0.1, 0.15) is 11.1 Å². The van der Waals surface area contributed by atoms with Gasteiger partial charge in [0.2, 0.25) is 0 Å². The van der Waals surface area contributed by atoms with Gasteiger partial charge in [-0.2, -0.15) is 0 Å². The quantitative estimate of drug-likeness (QED) is 0.431. The van der Waals surface area contributed by atoms with Gasteiger partial charge in [0.25, 0.3) is 0 Å². The highest BCUT2D eigenvalue weighted by atomic mass is 35.5. The van der Waals surface area contributed by atoms with Gasteiger partial charge in [0.15, 0.2) is 5.88 Å². The molecule has 2 aromatic carbocycles. The van der Waals surface area contributed by atoms with Crippen LogP contribution < -0.4 is 17.2 Å². The zero-order valence-corrected chi connectivity index (χ0v) is 13.5. The van der Waals surface area contributed by atoms with Gasteiger partial charge in [0.1, 0.15) is 0 Å². The van der Waals surface area contributed by atoms with Gasteiger partial charge in [-0.1, -0.05) is 35.9 Å². The molecule has 120 valence electrons. The van der Waals surface area contributed by atoms with Crippen LogP contribution in [0.2, 0.25) is 5.02 Å². The Balaban J connectivity index is 1.85. The van der Waals surface area contributed by atoms with Crippen LogP contribution in [0.4, 0.5) is 5.69 Å². The number of rotatable bonds is 6. The van der Waals surface area contributed by atoms with Crippen molar-refractivity contribution in [1.82, 2.24) is 0 Å². The summed E-state index contributed by atoms with van der Waals surface area (Å²) in [7, 11) is 0. The molecule has 0 bridgehead atoms. The van der Waals surface area contributed by atoms with Crippen molar-refractivity contribution in [2.45, 2.75) is 6.42 Å². The standard InChI is InChI=1S/C18H20ClN3O/c19-15-5-1-13(2-6-15)11-12-23-18(22)10-9-17(21)14-3-7-16(20)8-4-14/h1-10H,11-12,20-22H2/b17-9-,18-10+. The summed E-state index contributed by atoms with van der Waals surface area (Å²) in [4.78, 5) is 0. The number of anilines is 1. The first-order chi connectivity index (χ1) is 11.0. The Bertz CT molecular complexity index is 691. The summed E-state index contributed by atoms with van der Waals surface area (Å²) < 4.78 is 5.47. The first-order valence-corrected chi connectivity index (χ1v) is 7.58. The number of nitrogens with two attached hydrogens (primary N) is 3. The summed E-state index contributed by atoms with van der Waals surface area (Å²) in [6.45, 7) is 0.486. The molecule has 2 aromatic rings. The van der Waals surface area contributed by atoms with Gasteiger partial charge in [-0.25, -0.2) is 0 Å². The van der Waals surface area contributed by atoms with Gasteiger partial charge in [-0.15, -0.1) is 0 Å². The summed E-state index contributed by atoms with van der Waals surface area (Å²) >= 11 is 5.84. The predicted octanol–water partition coefficient (Wildman–Crippen LogP) is 3.28. The van der Waals surface area contributed by atoms with Crippen LogP contribution in [0.15, 0.2) is 66.6 Å². The largest absolute Gasteiger partial charge is 0.479 e. The third-order valence-electron chi connectivity index (χ3n) is 3.24. The Morgan fingerprint density at radius 3 is 2.26 bits per heavy atom. The molecule has 0 aliphatic rings. The van der Waals surface area contributed by atoms with Crippen molar-refractivity contribution in [2.24, 2.45) is 11.5 Å². The van der Waals surface area contributed by atoms with E-state index in [-0.39, 0.29) is 0 Å². The topological polar surface area (TPSA) is 87.3 Å². The predicted molar refractivity (Wildman–Crippen MR) is 96.4 cm³/mol. The highest BCUT2D eigenvalue weighted by Gasteiger charge is 1.97. The number of nitrogen functional groups attached to an aromatic ring is 1. The average Bonchev–Trinajstić information content (AvgIpc) is 2.55. The minimum Gasteiger partial charge on any atom is -0.479 e. The molecule has 6 N–H and O–H groups in total. The Kier molecular flexibility index (Phi) is 5.94. The number of ether oxygens (including phenoxy) is 1. The second-order valence-corrected chi connectivity index (χ2v) is 5.47. The number of hydrogen-bond donors (Lipinski definition) is 3. The average molecular weight is 330 g/mol. The normalized spacial score (nSPS) is 12.2. The van der Waals surface area contributed by atoms with Crippen LogP contribution >= 0.6 is 11.6 Å². The molecule has 0 fully saturated rings. The maximum atomic E-state index is 5.98. The monoisotopic (exact) mass is 329 g/mol. The van der Waals surface area contributed by atoms with E-state index >= 15 is 0 Å². The van der Waals surface area contributed by atoms with Crippen LogP contribution in [-0.4, -0.2) is 6.61 Å². The van der Waals surface area contributed by atoms with Crippen LogP contribution in [0.5, 0.6) is 0 Å². The smallest absolute Gasteiger partial charge is 0.183 e. The fraction of sp³-hybridized carbons (Fsp3) is 0.111. The van der Waals surface area contributed by atoms with E-state index in [2.05, 4.69) is 0 Å². The molecule has 2 rings (SSSR count). The molecule has 0 radical (unpaired) electrons. The van der Waals surface area contributed by atoms with Gasteiger partial charge in [-0.3, -0.25) is 0 Å². The lowest BCUT2D eigenvalue weighted by Gasteiger charge is -2.06. The number of benzene rings is 2. The zero-order chi connectivity index (χ0) is 16.7. The van der Waals surface area contributed by atoms with Crippen LogP contribution in [0, 0.1) is 0 Å². The highest BCUT2D eigenvalue weighted by Crippen LogP contribution is 2.12. The van der Waals surface area contributed by atoms with Gasteiger partial charge in [0.05, 0.1) is 6.61 Å². The van der Waals surface area contributed by atoms with Gasteiger partial charge < -0.3 is 21.9 Å². The van der Waals surface area contributed by atoms with Crippen molar-refractivity contribution in [3.63, 3.8) is 0 Å². The van der Waals surface area contributed by atoms with E-state index in [4.69, 9.17) is 33.5 Å². The molecule has 0 aromatic heterocycles. The molecule has 23 heavy (non-hydrogen) atoms.